The minimum Gasteiger partial charge on any atom is -0.204 e. The molecule has 0 amide bonds. The van der Waals surface area contributed by atoms with E-state index in [9.17, 15) is 8.78 Å². The summed E-state index contributed by atoms with van der Waals surface area (Å²) in [5, 5.41) is 1.97. The number of aryl methyl sites for hydroxylation is 1. The Morgan fingerprint density at radius 1 is 1.04 bits per heavy atom. The van der Waals surface area contributed by atoms with Gasteiger partial charge < -0.3 is 0 Å². The predicted octanol–water partition coefficient (Wildman–Crippen LogP) is 6.62. The Labute approximate surface area is 163 Å². The van der Waals surface area contributed by atoms with Gasteiger partial charge in [-0.15, -0.1) is 0 Å². The lowest BCUT2D eigenvalue weighted by atomic mass is 9.89. The normalized spacial score (nSPS) is 12.3. The number of isothiocyanates is 1. The lowest BCUT2D eigenvalue weighted by molar-refractivity contribution is 0.587. The van der Waals surface area contributed by atoms with Gasteiger partial charge in [0.15, 0.2) is 11.6 Å². The first-order valence-electron chi connectivity index (χ1n) is 9.02. The van der Waals surface area contributed by atoms with Crippen LogP contribution in [0.15, 0.2) is 40.9 Å². The first-order valence-corrected chi connectivity index (χ1v) is 9.43. The van der Waals surface area contributed by atoms with Crippen LogP contribution in [0.5, 0.6) is 0 Å². The molecule has 2 aromatic carbocycles. The van der Waals surface area contributed by atoms with Crippen molar-refractivity contribution in [3.8, 4) is 11.8 Å². The van der Waals surface area contributed by atoms with Gasteiger partial charge in [-0.2, -0.15) is 4.99 Å². The molecule has 4 heteroatoms. The molecule has 0 saturated heterocycles. The predicted molar refractivity (Wildman–Crippen MR) is 109 cm³/mol. The molecule has 3 rings (SSSR count). The van der Waals surface area contributed by atoms with E-state index >= 15 is 0 Å². The van der Waals surface area contributed by atoms with Crippen LogP contribution in [0.4, 0.5) is 14.5 Å². The third-order valence-corrected chi connectivity index (χ3v) is 4.69. The van der Waals surface area contributed by atoms with Gasteiger partial charge in [0.2, 0.25) is 0 Å². The van der Waals surface area contributed by atoms with Crippen molar-refractivity contribution < 1.29 is 8.78 Å². The highest BCUT2D eigenvalue weighted by Crippen LogP contribution is 2.27. The van der Waals surface area contributed by atoms with Crippen LogP contribution < -0.4 is 0 Å². The van der Waals surface area contributed by atoms with Gasteiger partial charge in [-0.1, -0.05) is 42.9 Å². The number of hydrogen-bond acceptors (Lipinski definition) is 2. The maximum atomic E-state index is 13.9. The SMILES string of the molecule is CCCCC1=Cc2ccc(C#Cc3cc(F)c(N=C=S)c(F)c3)cc2CC1. The molecule has 0 N–H and O–H groups in total. The molecule has 2 aromatic rings. The molecule has 0 saturated carbocycles. The number of unbranched alkanes of at least 4 members (excludes halogenated alkanes) is 1. The van der Waals surface area contributed by atoms with Crippen LogP contribution in [-0.4, -0.2) is 5.16 Å². The lowest BCUT2D eigenvalue weighted by Gasteiger charge is -2.16. The van der Waals surface area contributed by atoms with Gasteiger partial charge in [-0.3, -0.25) is 0 Å². The van der Waals surface area contributed by atoms with Crippen molar-refractivity contribution in [2.24, 2.45) is 4.99 Å². The molecule has 136 valence electrons. The number of rotatable bonds is 4. The second-order valence-electron chi connectivity index (χ2n) is 6.56. The molecule has 0 aromatic heterocycles. The fourth-order valence-corrected chi connectivity index (χ4v) is 3.25. The van der Waals surface area contributed by atoms with Crippen LogP contribution in [-0.2, 0) is 6.42 Å². The van der Waals surface area contributed by atoms with Crippen molar-refractivity contribution in [1.29, 1.82) is 0 Å². The van der Waals surface area contributed by atoms with Crippen LogP contribution in [0, 0.1) is 23.5 Å². The number of allylic oxidation sites excluding steroid dienone is 1. The third-order valence-electron chi connectivity index (χ3n) is 4.60. The summed E-state index contributed by atoms with van der Waals surface area (Å²) in [6.45, 7) is 2.21. The Hall–Kier alpha value is -2.60. The molecular formula is C23H19F2NS. The van der Waals surface area contributed by atoms with Crippen molar-refractivity contribution in [2.75, 3.05) is 0 Å². The summed E-state index contributed by atoms with van der Waals surface area (Å²) in [5.41, 5.74) is 4.68. The van der Waals surface area contributed by atoms with Gasteiger partial charge in [0, 0.05) is 11.1 Å². The number of hydrogen-bond donors (Lipinski definition) is 0. The molecule has 0 radical (unpaired) electrons. The van der Waals surface area contributed by atoms with Crippen molar-refractivity contribution >= 4 is 29.1 Å². The summed E-state index contributed by atoms with van der Waals surface area (Å²) in [7, 11) is 0. The summed E-state index contributed by atoms with van der Waals surface area (Å²) in [6.07, 6.45) is 7.98. The van der Waals surface area contributed by atoms with Gasteiger partial charge in [-0.05, 0) is 73.3 Å². The first kappa shape index (κ1) is 19.2. The number of aliphatic imine (C=N–C) groups is 1. The van der Waals surface area contributed by atoms with Gasteiger partial charge in [0.05, 0.1) is 5.16 Å². The largest absolute Gasteiger partial charge is 0.204 e. The van der Waals surface area contributed by atoms with Gasteiger partial charge in [0.1, 0.15) is 5.69 Å². The summed E-state index contributed by atoms with van der Waals surface area (Å²) in [4.78, 5) is 3.40. The first-order chi connectivity index (χ1) is 13.1. The van der Waals surface area contributed by atoms with Gasteiger partial charge in [-0.25, -0.2) is 8.78 Å². The van der Waals surface area contributed by atoms with Crippen molar-refractivity contribution in [3.05, 3.63) is 69.8 Å². The smallest absolute Gasteiger partial charge is 0.153 e. The quantitative estimate of drug-likeness (QED) is 0.330. The summed E-state index contributed by atoms with van der Waals surface area (Å²) in [5.74, 6) is 4.22. The Kier molecular flexibility index (Phi) is 6.29. The maximum Gasteiger partial charge on any atom is 0.153 e. The molecule has 0 fully saturated rings. The highest BCUT2D eigenvalue weighted by molar-refractivity contribution is 7.78. The van der Waals surface area contributed by atoms with E-state index in [2.05, 4.69) is 54.2 Å². The molecule has 0 bridgehead atoms. The zero-order valence-corrected chi connectivity index (χ0v) is 15.9. The number of fused-ring (bicyclic) bond motifs is 1. The molecule has 0 spiro atoms. The van der Waals surface area contributed by atoms with Crippen molar-refractivity contribution in [3.63, 3.8) is 0 Å². The summed E-state index contributed by atoms with van der Waals surface area (Å²) in [6, 6.07) is 8.39. The number of benzene rings is 2. The fraction of sp³-hybridized carbons (Fsp3) is 0.261. The van der Waals surface area contributed by atoms with E-state index in [0.29, 0.717) is 0 Å². The van der Waals surface area contributed by atoms with Gasteiger partial charge in [0.25, 0.3) is 0 Å². The second-order valence-corrected chi connectivity index (χ2v) is 6.74. The summed E-state index contributed by atoms with van der Waals surface area (Å²) < 4.78 is 27.8. The Bertz CT molecular complexity index is 982. The molecule has 0 heterocycles. The second kappa shape index (κ2) is 8.86. The number of thiocarbonyl (C=S) groups is 1. The monoisotopic (exact) mass is 379 g/mol. The standard InChI is InChI=1S/C23H19F2NS/c1-2-3-4-16-7-9-20-12-17(8-10-19(20)11-16)5-6-18-13-21(24)23(26-15-27)22(25)14-18/h8,10-14H,2-4,7,9H2,1H3. The maximum absolute atomic E-state index is 13.9. The highest BCUT2D eigenvalue weighted by Gasteiger charge is 2.11. The van der Waals surface area contributed by atoms with Crippen LogP contribution in [0.2, 0.25) is 0 Å². The average Bonchev–Trinajstić information content (AvgIpc) is 2.67. The molecular weight excluding hydrogens is 360 g/mol. The zero-order valence-electron chi connectivity index (χ0n) is 15.1. The van der Waals surface area contributed by atoms with E-state index in [1.165, 1.54) is 29.5 Å². The van der Waals surface area contributed by atoms with E-state index < -0.39 is 17.3 Å². The minimum atomic E-state index is -0.799. The van der Waals surface area contributed by atoms with E-state index in [1.54, 1.807) is 0 Å². The molecule has 1 aliphatic rings. The van der Waals surface area contributed by atoms with Crippen molar-refractivity contribution in [1.82, 2.24) is 0 Å². The highest BCUT2D eigenvalue weighted by atomic mass is 32.1. The van der Waals surface area contributed by atoms with Crippen LogP contribution >= 0.6 is 12.2 Å². The molecule has 1 aliphatic carbocycles. The van der Waals surface area contributed by atoms with E-state index in [4.69, 9.17) is 0 Å². The molecule has 27 heavy (non-hydrogen) atoms. The topological polar surface area (TPSA) is 12.4 Å². The van der Waals surface area contributed by atoms with Crippen LogP contribution in [0.1, 0.15) is 54.9 Å². The number of nitrogens with zero attached hydrogens (tertiary/aromatic N) is 1. The van der Waals surface area contributed by atoms with Gasteiger partial charge >= 0.3 is 0 Å². The van der Waals surface area contributed by atoms with E-state index in [0.717, 1.165) is 37.0 Å². The average molecular weight is 379 g/mol. The number of halogens is 2. The molecule has 0 atom stereocenters. The minimum absolute atomic E-state index is 0.257. The Balaban J connectivity index is 1.83. The fourth-order valence-electron chi connectivity index (χ4n) is 3.16. The van der Waals surface area contributed by atoms with Crippen LogP contribution in [0.25, 0.3) is 6.08 Å². The van der Waals surface area contributed by atoms with E-state index in [-0.39, 0.29) is 5.56 Å². The van der Waals surface area contributed by atoms with E-state index in [1.807, 2.05) is 11.2 Å². The zero-order chi connectivity index (χ0) is 19.2. The molecule has 0 unspecified atom stereocenters. The lowest BCUT2D eigenvalue weighted by Crippen LogP contribution is -2.00. The summed E-state index contributed by atoms with van der Waals surface area (Å²) >= 11 is 4.40. The Morgan fingerprint density at radius 3 is 2.48 bits per heavy atom. The third kappa shape index (κ3) is 4.77. The Morgan fingerprint density at radius 2 is 1.78 bits per heavy atom. The van der Waals surface area contributed by atoms with Crippen LogP contribution in [0.3, 0.4) is 0 Å². The molecule has 1 nitrogen and oxygen atoms in total. The van der Waals surface area contributed by atoms with Crippen molar-refractivity contribution in [2.45, 2.75) is 39.0 Å². The molecule has 0 aliphatic heterocycles.